The molecule has 240 valence electrons. The van der Waals surface area contributed by atoms with Gasteiger partial charge in [0.2, 0.25) is 10.0 Å². The van der Waals surface area contributed by atoms with Crippen molar-refractivity contribution in [3.05, 3.63) is 54.4 Å². The van der Waals surface area contributed by atoms with Crippen LogP contribution in [0.5, 0.6) is 5.75 Å². The zero-order valence-electron chi connectivity index (χ0n) is 23.1. The molecule has 1 aromatic heterocycles. The lowest BCUT2D eigenvalue weighted by Gasteiger charge is -2.45. The van der Waals surface area contributed by atoms with E-state index in [2.05, 4.69) is 16.0 Å². The maximum absolute atomic E-state index is 13.4. The molecule has 0 radical (unpaired) electrons. The van der Waals surface area contributed by atoms with E-state index in [0.29, 0.717) is 18.9 Å². The number of fused-ring (bicyclic) bond motifs is 1. The van der Waals surface area contributed by atoms with Crippen LogP contribution in [0.4, 0.5) is 26.3 Å². The third-order valence-electron chi connectivity index (χ3n) is 6.57. The highest BCUT2D eigenvalue weighted by Crippen LogP contribution is 2.40. The van der Waals surface area contributed by atoms with Crippen molar-refractivity contribution in [2.24, 2.45) is 5.41 Å². The number of likely N-dealkylation sites (tertiary alicyclic amines) is 1. The number of ether oxygens (including phenoxy) is 1. The summed E-state index contributed by atoms with van der Waals surface area (Å²) in [7, 11) is -3.59. The van der Waals surface area contributed by atoms with Gasteiger partial charge in [-0.2, -0.15) is 30.6 Å². The fourth-order valence-corrected chi connectivity index (χ4v) is 6.18. The normalized spacial score (nSPS) is 18.4. The van der Waals surface area contributed by atoms with Crippen LogP contribution in [0.2, 0.25) is 0 Å². The van der Waals surface area contributed by atoms with Gasteiger partial charge in [-0.3, -0.25) is 9.88 Å². The van der Waals surface area contributed by atoms with Gasteiger partial charge >= 0.3 is 24.3 Å². The molecule has 1 aromatic carbocycles. The van der Waals surface area contributed by atoms with Crippen molar-refractivity contribution in [2.45, 2.75) is 56.5 Å². The van der Waals surface area contributed by atoms with Crippen molar-refractivity contribution >= 4 is 22.0 Å². The number of piperidine rings is 1. The molecule has 2 aliphatic heterocycles. The number of carbonyl (C=O) groups is 2. The van der Waals surface area contributed by atoms with E-state index in [0.717, 1.165) is 32.5 Å². The van der Waals surface area contributed by atoms with Gasteiger partial charge in [0, 0.05) is 36.9 Å². The molecule has 0 bridgehead atoms. The highest BCUT2D eigenvalue weighted by Gasteiger charge is 2.44. The van der Waals surface area contributed by atoms with Gasteiger partial charge in [-0.15, -0.1) is 0 Å². The van der Waals surface area contributed by atoms with Crippen LogP contribution in [0.25, 0.3) is 0 Å². The Labute approximate surface area is 243 Å². The van der Waals surface area contributed by atoms with Crippen molar-refractivity contribution in [1.82, 2.24) is 14.2 Å². The molecule has 10 nitrogen and oxygen atoms in total. The number of pyridine rings is 1. The van der Waals surface area contributed by atoms with Crippen LogP contribution >= 0.6 is 0 Å². The van der Waals surface area contributed by atoms with Gasteiger partial charge < -0.3 is 14.9 Å². The van der Waals surface area contributed by atoms with Crippen molar-refractivity contribution in [2.75, 3.05) is 26.2 Å². The van der Waals surface area contributed by atoms with Crippen LogP contribution in [0.15, 0.2) is 53.7 Å². The maximum Gasteiger partial charge on any atom is 0.490 e. The zero-order chi connectivity index (χ0) is 32.6. The number of hydrogen-bond donors (Lipinski definition) is 2. The molecule has 0 aliphatic carbocycles. The van der Waals surface area contributed by atoms with Crippen LogP contribution in [0.1, 0.15) is 32.3 Å². The quantitative estimate of drug-likeness (QED) is 0.466. The standard InChI is InChI=1S/C22H29N3O3S.2C2HF3O2/c1-18(2)25-16-22(17-28-20-7-3-4-8-21(20)29(25,26)27)9-12-24(13-10-22)15-19-6-5-11-23-14-19;2*3-2(4,5)1(6)7/h3-8,11,14,18H,9-10,12-13,15-17H2,1-2H3;2*(H,6,7). The molecule has 43 heavy (non-hydrogen) atoms. The van der Waals surface area contributed by atoms with Crippen molar-refractivity contribution in [3.63, 3.8) is 0 Å². The second kappa shape index (κ2) is 14.4. The molecular formula is C26H31F6N3O7S. The van der Waals surface area contributed by atoms with Crippen LogP contribution in [-0.2, 0) is 26.2 Å². The Morgan fingerprint density at radius 3 is 1.98 bits per heavy atom. The van der Waals surface area contributed by atoms with Gasteiger partial charge in [-0.1, -0.05) is 18.2 Å². The number of aliphatic carboxylic acids is 2. The molecule has 0 saturated carbocycles. The van der Waals surface area contributed by atoms with Crippen LogP contribution < -0.4 is 4.74 Å². The number of carboxylic acids is 2. The predicted octanol–water partition coefficient (Wildman–Crippen LogP) is 4.42. The molecule has 4 rings (SSSR count). The number of rotatable bonds is 3. The first kappa shape index (κ1) is 35.8. The molecule has 0 atom stereocenters. The molecule has 1 spiro atoms. The summed E-state index contributed by atoms with van der Waals surface area (Å²) < 4.78 is 98.0. The summed E-state index contributed by atoms with van der Waals surface area (Å²) in [5.41, 5.74) is 1.04. The number of aromatic nitrogens is 1. The molecule has 1 saturated heterocycles. The highest BCUT2D eigenvalue weighted by molar-refractivity contribution is 7.89. The van der Waals surface area contributed by atoms with Crippen molar-refractivity contribution < 1.29 is 59.3 Å². The maximum atomic E-state index is 13.4. The summed E-state index contributed by atoms with van der Waals surface area (Å²) in [5, 5.41) is 14.2. The van der Waals surface area contributed by atoms with Gasteiger partial charge in [0.1, 0.15) is 10.6 Å². The number of benzene rings is 1. The van der Waals surface area contributed by atoms with Gasteiger partial charge in [-0.05, 0) is 63.5 Å². The molecule has 2 N–H and O–H groups in total. The number of nitrogens with zero attached hydrogens (tertiary/aromatic N) is 3. The zero-order valence-corrected chi connectivity index (χ0v) is 23.9. The first-order chi connectivity index (χ1) is 19.8. The summed E-state index contributed by atoms with van der Waals surface area (Å²) >= 11 is 0. The number of para-hydroxylation sites is 1. The molecule has 0 unspecified atom stereocenters. The largest absolute Gasteiger partial charge is 0.492 e. The Morgan fingerprint density at radius 1 is 0.977 bits per heavy atom. The van der Waals surface area contributed by atoms with E-state index in [-0.39, 0.29) is 16.4 Å². The SMILES string of the molecule is CC(C)N1CC2(CCN(Cc3cccnc3)CC2)COc2ccccc2S1(=O)=O.O=C(O)C(F)(F)F.O=C(O)C(F)(F)F. The average Bonchev–Trinajstić information content (AvgIpc) is 2.91. The van der Waals surface area contributed by atoms with E-state index in [1.807, 2.05) is 32.2 Å². The highest BCUT2D eigenvalue weighted by atomic mass is 32.2. The topological polar surface area (TPSA) is 137 Å². The van der Waals surface area contributed by atoms with E-state index < -0.39 is 34.3 Å². The summed E-state index contributed by atoms with van der Waals surface area (Å²) in [6.07, 6.45) is -4.64. The molecule has 0 amide bonds. The second-order valence-electron chi connectivity index (χ2n) is 10.1. The third kappa shape index (κ3) is 10.4. The Morgan fingerprint density at radius 2 is 1.51 bits per heavy atom. The van der Waals surface area contributed by atoms with Crippen LogP contribution in [-0.4, -0.2) is 89.4 Å². The van der Waals surface area contributed by atoms with E-state index in [1.165, 1.54) is 5.56 Å². The molecule has 17 heteroatoms. The third-order valence-corrected chi connectivity index (χ3v) is 8.63. The lowest BCUT2D eigenvalue weighted by molar-refractivity contribution is -0.193. The molecular weight excluding hydrogens is 612 g/mol. The Bertz CT molecular complexity index is 1310. The smallest absolute Gasteiger partial charge is 0.490 e. The summed E-state index contributed by atoms with van der Waals surface area (Å²) in [5.74, 6) is -5.05. The fourth-order valence-electron chi connectivity index (χ4n) is 4.30. The van der Waals surface area contributed by atoms with Gasteiger partial charge in [0.05, 0.1) is 6.61 Å². The van der Waals surface area contributed by atoms with Gasteiger partial charge in [0.15, 0.2) is 0 Å². The van der Waals surface area contributed by atoms with E-state index in [4.69, 9.17) is 24.5 Å². The van der Waals surface area contributed by atoms with Gasteiger partial charge in [-0.25, -0.2) is 18.0 Å². The number of halogens is 6. The van der Waals surface area contributed by atoms with E-state index in [9.17, 15) is 34.8 Å². The van der Waals surface area contributed by atoms with E-state index >= 15 is 0 Å². The van der Waals surface area contributed by atoms with Gasteiger partial charge in [0.25, 0.3) is 0 Å². The fraction of sp³-hybridized carbons (Fsp3) is 0.500. The molecule has 2 aromatic rings. The molecule has 1 fully saturated rings. The first-order valence-electron chi connectivity index (χ1n) is 12.7. The van der Waals surface area contributed by atoms with Crippen molar-refractivity contribution in [3.8, 4) is 5.75 Å². The second-order valence-corrected chi connectivity index (χ2v) is 12.0. The lowest BCUT2D eigenvalue weighted by atomic mass is 9.78. The summed E-state index contributed by atoms with van der Waals surface area (Å²) in [6, 6.07) is 11.0. The molecule has 2 aliphatic rings. The first-order valence-corrected chi connectivity index (χ1v) is 14.2. The number of alkyl halides is 6. The lowest BCUT2D eigenvalue weighted by Crippen LogP contribution is -2.52. The Hall–Kier alpha value is -3.44. The van der Waals surface area contributed by atoms with E-state index in [1.54, 1.807) is 28.7 Å². The summed E-state index contributed by atoms with van der Waals surface area (Å²) in [6.45, 7) is 7.67. The summed E-state index contributed by atoms with van der Waals surface area (Å²) in [4.78, 5) is 24.7. The van der Waals surface area contributed by atoms with Crippen LogP contribution in [0, 0.1) is 5.41 Å². The minimum absolute atomic E-state index is 0.101. The Balaban J connectivity index is 0.000000384. The Kier molecular flexibility index (Phi) is 11.9. The number of sulfonamides is 1. The number of carboxylic acid groups (broad SMARTS) is 2. The minimum atomic E-state index is -5.08. The average molecular weight is 644 g/mol. The van der Waals surface area contributed by atoms with Crippen LogP contribution in [0.3, 0.4) is 0 Å². The number of hydrogen-bond acceptors (Lipinski definition) is 7. The predicted molar refractivity (Wildman–Crippen MR) is 140 cm³/mol. The molecule has 3 heterocycles. The van der Waals surface area contributed by atoms with Crippen molar-refractivity contribution in [1.29, 1.82) is 0 Å². The minimum Gasteiger partial charge on any atom is -0.492 e. The monoisotopic (exact) mass is 643 g/mol.